The molecule has 0 N–H and O–H groups in total. The maximum atomic E-state index is 13.6. The second kappa shape index (κ2) is 10.8. The van der Waals surface area contributed by atoms with Gasteiger partial charge >= 0.3 is 255 Å². The summed E-state index contributed by atoms with van der Waals surface area (Å²) in [7, 11) is 2.27. The van der Waals surface area contributed by atoms with E-state index in [2.05, 4.69) is 65.6 Å². The van der Waals surface area contributed by atoms with Crippen LogP contribution in [0, 0.1) is 0 Å². The fraction of sp³-hybridized carbons (Fsp3) is 0.486. The van der Waals surface area contributed by atoms with E-state index in [0.717, 1.165) is 37.4 Å². The Morgan fingerprint density at radius 1 is 0.976 bits per heavy atom. The summed E-state index contributed by atoms with van der Waals surface area (Å²) in [6.07, 6.45) is 9.58. The van der Waals surface area contributed by atoms with Crippen molar-refractivity contribution in [1.82, 2.24) is 9.48 Å². The van der Waals surface area contributed by atoms with E-state index in [4.69, 9.17) is 0 Å². The molecule has 0 aliphatic carbocycles. The fourth-order valence-corrected chi connectivity index (χ4v) is 11.6. The normalized spacial score (nSPS) is 20.3. The smallest absolute Gasteiger partial charge is 1.00 e. The molecule has 0 radical (unpaired) electrons. The van der Waals surface area contributed by atoms with E-state index in [1.54, 1.807) is 32.3 Å². The molecule has 1 amide bonds. The van der Waals surface area contributed by atoms with E-state index in [1.165, 1.54) is 88.6 Å². The third-order valence-corrected chi connectivity index (χ3v) is 13.9. The van der Waals surface area contributed by atoms with E-state index >= 15 is 0 Å². The molecular formula is C35H40ClN3OSSe. The van der Waals surface area contributed by atoms with Crippen molar-refractivity contribution in [3.05, 3.63) is 72.9 Å². The molecule has 0 bridgehead atoms. The van der Waals surface area contributed by atoms with Crippen molar-refractivity contribution in [1.29, 1.82) is 0 Å². The summed E-state index contributed by atoms with van der Waals surface area (Å²) in [6.45, 7) is 10.2. The van der Waals surface area contributed by atoms with E-state index in [1.807, 2.05) is 0 Å². The summed E-state index contributed by atoms with van der Waals surface area (Å²) in [4.78, 5) is 20.3. The second-order valence-electron chi connectivity index (χ2n) is 13.3. The monoisotopic (exact) mass is 665 g/mol. The van der Waals surface area contributed by atoms with Crippen LogP contribution in [0.25, 0.3) is 5.57 Å². The number of carbonyl (C=O) groups excluding carboxylic acids is 1. The largest absolute Gasteiger partial charge is 1.00 e. The molecule has 42 heavy (non-hydrogen) atoms. The number of aryl methyl sites for hydroxylation is 1. The number of halogens is 1. The first-order valence-corrected chi connectivity index (χ1v) is 18.2. The number of nitrogens with zero attached hydrogens (tertiary/aromatic N) is 3. The number of rotatable bonds is 2. The van der Waals surface area contributed by atoms with Crippen molar-refractivity contribution in [3.8, 4) is 0 Å². The van der Waals surface area contributed by atoms with Gasteiger partial charge < -0.3 is 12.4 Å². The molecule has 1 saturated heterocycles. The Kier molecular flexibility index (Phi) is 7.37. The number of thiophene rings is 1. The Morgan fingerprint density at radius 3 is 2.57 bits per heavy atom. The van der Waals surface area contributed by atoms with Crippen LogP contribution in [-0.2, 0) is 18.3 Å². The van der Waals surface area contributed by atoms with Gasteiger partial charge in [0.15, 0.2) is 0 Å². The number of hydrogen-bond acceptors (Lipinski definition) is 3. The Hall–Kier alpha value is -2.11. The Labute approximate surface area is 266 Å². The number of amides is 1. The maximum Gasteiger partial charge on any atom is -1.00 e. The third-order valence-electron chi connectivity index (χ3n) is 10.2. The average Bonchev–Trinajstić information content (AvgIpc) is 3.48. The summed E-state index contributed by atoms with van der Waals surface area (Å²) in [5.74, 6) is 0.228. The minimum atomic E-state index is 0. The molecular weight excluding hydrogens is 625 g/mol. The number of carbonyl (C=O) groups is 1. The van der Waals surface area contributed by atoms with Gasteiger partial charge in [-0.25, -0.2) is 0 Å². The molecule has 0 unspecified atom stereocenters. The number of benzene rings is 2. The number of fused-ring (bicyclic) bond motifs is 4. The van der Waals surface area contributed by atoms with Gasteiger partial charge in [0.2, 0.25) is 0 Å². The van der Waals surface area contributed by atoms with E-state index in [-0.39, 0.29) is 38.7 Å². The molecule has 1 fully saturated rings. The van der Waals surface area contributed by atoms with Crippen LogP contribution < -0.4 is 41.4 Å². The fourth-order valence-electron chi connectivity index (χ4n) is 7.90. The molecule has 7 heteroatoms. The van der Waals surface area contributed by atoms with Gasteiger partial charge in [-0.15, -0.1) is 0 Å². The van der Waals surface area contributed by atoms with Crippen LogP contribution in [0.15, 0.2) is 30.3 Å². The zero-order valence-electron chi connectivity index (χ0n) is 25.0. The molecule has 5 aliphatic rings. The van der Waals surface area contributed by atoms with E-state index < -0.39 is 0 Å². The number of hydrogen-bond donors (Lipinski definition) is 0. The zero-order chi connectivity index (χ0) is 27.9. The molecule has 0 atom stereocenters. The molecule has 6 heterocycles. The first-order chi connectivity index (χ1) is 19.9. The quantitative estimate of drug-likeness (QED) is 0.225. The maximum absolute atomic E-state index is 13.6. The van der Waals surface area contributed by atoms with Crippen molar-refractivity contribution in [2.45, 2.75) is 70.6 Å². The molecule has 0 saturated carbocycles. The van der Waals surface area contributed by atoms with Gasteiger partial charge in [0.05, 0.1) is 0 Å². The predicted octanol–water partition coefficient (Wildman–Crippen LogP) is 0.0949. The SMILES string of the molecule is CN1CCC(C)(C)c2cc3c(cc21)[Se]c1c2c4c(cc1=C3c1ccc(C(=O)N3CCCCC3)s1)CCC[N+]=4CCC2.[Cl-]. The molecule has 2 aromatic carbocycles. The van der Waals surface area contributed by atoms with Crippen LogP contribution in [0.4, 0.5) is 5.69 Å². The molecule has 5 aliphatic heterocycles. The van der Waals surface area contributed by atoms with Gasteiger partial charge in [-0.2, -0.15) is 0 Å². The summed E-state index contributed by atoms with van der Waals surface area (Å²) in [5.41, 5.74) is 9.06. The van der Waals surface area contributed by atoms with Crippen LogP contribution >= 0.6 is 11.3 Å². The minimum absolute atomic E-state index is 0. The van der Waals surface area contributed by atoms with E-state index in [9.17, 15) is 4.79 Å². The number of piperidine rings is 1. The van der Waals surface area contributed by atoms with Gasteiger partial charge in [0.25, 0.3) is 0 Å². The van der Waals surface area contributed by atoms with Crippen LogP contribution in [0.2, 0.25) is 0 Å². The first kappa shape index (κ1) is 28.6. The standard InChI is InChI=1S/C35H40N3OSSe.ClH/c1-35(2)13-18-36(3)27-21-30-24(20-26(27)35)31(28-11-12-29(40-28)34(39)38-14-5-4-6-15-38)25-19-22-9-7-16-37-17-8-10-23(32(22)37)33(25)41-30;/h11-12,19-21H,4-10,13-18H2,1-3H3;1H/q+1;/p-1. The van der Waals surface area contributed by atoms with Gasteiger partial charge in [-0.05, 0) is 0 Å². The van der Waals surface area contributed by atoms with Gasteiger partial charge in [0, 0.05) is 0 Å². The molecule has 1 aromatic heterocycles. The summed E-state index contributed by atoms with van der Waals surface area (Å²) in [5, 5.41) is 3.05. The molecule has 0 spiro atoms. The third kappa shape index (κ3) is 4.51. The van der Waals surface area contributed by atoms with E-state index in [0.29, 0.717) is 0 Å². The molecule has 8 rings (SSSR count). The Balaban J connectivity index is 0.00000288. The zero-order valence-corrected chi connectivity index (χ0v) is 28.3. The van der Waals surface area contributed by atoms with Crippen molar-refractivity contribution in [2.75, 3.05) is 44.7 Å². The Morgan fingerprint density at radius 2 is 1.76 bits per heavy atom. The average molecular weight is 665 g/mol. The van der Waals surface area contributed by atoms with Gasteiger partial charge in [-0.3, -0.25) is 0 Å². The molecule has 220 valence electrons. The number of anilines is 1. The predicted molar refractivity (Wildman–Crippen MR) is 171 cm³/mol. The van der Waals surface area contributed by atoms with Crippen molar-refractivity contribution < 1.29 is 17.2 Å². The van der Waals surface area contributed by atoms with Crippen LogP contribution in [0.3, 0.4) is 0 Å². The van der Waals surface area contributed by atoms with Crippen LogP contribution in [-0.4, -0.2) is 65.5 Å². The molecule has 4 nitrogen and oxygen atoms in total. The van der Waals surface area contributed by atoms with Crippen molar-refractivity contribution in [3.63, 3.8) is 0 Å². The van der Waals surface area contributed by atoms with Crippen LogP contribution in [0.5, 0.6) is 0 Å². The van der Waals surface area contributed by atoms with Crippen LogP contribution in [0.1, 0.15) is 89.2 Å². The molecule has 3 aromatic rings. The van der Waals surface area contributed by atoms with Gasteiger partial charge in [-0.1, -0.05) is 0 Å². The Bertz CT molecular complexity index is 1730. The van der Waals surface area contributed by atoms with Crippen molar-refractivity contribution >= 4 is 52.4 Å². The number of likely N-dealkylation sites (tertiary alicyclic amines) is 1. The topological polar surface area (TPSA) is 26.6 Å². The van der Waals surface area contributed by atoms with Crippen molar-refractivity contribution in [2.24, 2.45) is 0 Å². The first-order valence-electron chi connectivity index (χ1n) is 15.7. The summed E-state index contributed by atoms with van der Waals surface area (Å²) >= 11 is 1.99. The summed E-state index contributed by atoms with van der Waals surface area (Å²) < 4.78 is 5.82. The second-order valence-corrected chi connectivity index (χ2v) is 16.6. The van der Waals surface area contributed by atoms with Gasteiger partial charge in [0.1, 0.15) is 0 Å². The minimum Gasteiger partial charge on any atom is -1.00 e. The summed E-state index contributed by atoms with van der Waals surface area (Å²) in [6, 6.07) is 12.1.